The normalized spacial score (nSPS) is 12.8. The molecule has 0 bridgehead atoms. The molecule has 16 heavy (non-hydrogen) atoms. The molecule has 0 aromatic heterocycles. The van der Waals surface area contributed by atoms with Gasteiger partial charge in [0.15, 0.2) is 0 Å². The van der Waals surface area contributed by atoms with Crippen LogP contribution < -0.4 is 5.73 Å². The Morgan fingerprint density at radius 3 is 2.38 bits per heavy atom. The summed E-state index contributed by atoms with van der Waals surface area (Å²) in [4.78, 5) is 10.3. The van der Waals surface area contributed by atoms with Gasteiger partial charge in [0.1, 0.15) is 6.04 Å². The third-order valence-electron chi connectivity index (χ3n) is 1.92. The third-order valence-corrected chi connectivity index (χ3v) is 2.26. The Kier molecular flexibility index (Phi) is 5.12. The molecule has 0 aliphatic rings. The Morgan fingerprint density at radius 1 is 1.44 bits per heavy atom. The molecule has 0 amide bonds. The highest BCUT2D eigenvalue weighted by molar-refractivity contribution is 6.31. The Labute approximate surface area is 102 Å². The van der Waals surface area contributed by atoms with Crippen LogP contribution in [0.1, 0.15) is 11.6 Å². The van der Waals surface area contributed by atoms with Crippen LogP contribution in [0.3, 0.4) is 0 Å². The van der Waals surface area contributed by atoms with Gasteiger partial charge in [0.2, 0.25) is 0 Å². The smallest absolute Gasteiger partial charge is 0.376 e. The number of carboxylic acids is 1. The maximum absolute atomic E-state index is 13.0. The summed E-state index contributed by atoms with van der Waals surface area (Å²) in [7, 11) is 0. The lowest BCUT2D eigenvalue weighted by molar-refractivity contribution is -0.168. The summed E-state index contributed by atoms with van der Waals surface area (Å²) in [5.41, 5.74) is 5.07. The lowest BCUT2D eigenvalue weighted by Crippen LogP contribution is -2.40. The SMILES string of the molecule is Cl.N[C@@H](c1ccccc1Cl)C(F)(F)C(=O)O. The fraction of sp³-hybridized carbons (Fsp3) is 0.222. The van der Waals surface area contributed by atoms with Crippen molar-refractivity contribution in [3.63, 3.8) is 0 Å². The first-order valence-electron chi connectivity index (χ1n) is 3.98. The summed E-state index contributed by atoms with van der Waals surface area (Å²) >= 11 is 5.62. The highest BCUT2D eigenvalue weighted by atomic mass is 35.5. The lowest BCUT2D eigenvalue weighted by atomic mass is 10.0. The number of alkyl halides is 2. The van der Waals surface area contributed by atoms with E-state index in [1.807, 2.05) is 0 Å². The van der Waals surface area contributed by atoms with Crippen LogP contribution in [0.15, 0.2) is 24.3 Å². The molecule has 0 aliphatic heterocycles. The van der Waals surface area contributed by atoms with Crippen LogP contribution in [0.4, 0.5) is 8.78 Å². The van der Waals surface area contributed by atoms with Crippen LogP contribution in [-0.2, 0) is 4.79 Å². The molecule has 90 valence electrons. The van der Waals surface area contributed by atoms with Crippen LogP contribution in [0.25, 0.3) is 0 Å². The van der Waals surface area contributed by atoms with E-state index in [4.69, 9.17) is 22.4 Å². The number of hydrogen-bond donors (Lipinski definition) is 2. The van der Waals surface area contributed by atoms with Crippen LogP contribution >= 0.6 is 24.0 Å². The van der Waals surface area contributed by atoms with Gasteiger partial charge in [0, 0.05) is 5.02 Å². The molecule has 1 aromatic carbocycles. The highest BCUT2D eigenvalue weighted by Crippen LogP contribution is 2.33. The zero-order valence-electron chi connectivity index (χ0n) is 7.86. The standard InChI is InChI=1S/C9H8ClF2NO2.ClH/c10-6-4-2-1-3-5(6)7(13)9(11,12)8(14)15;/h1-4,7H,13H2,(H,14,15);1H/t7-;/m0./s1. The van der Waals surface area contributed by atoms with E-state index in [-0.39, 0.29) is 23.0 Å². The minimum Gasteiger partial charge on any atom is -0.477 e. The van der Waals surface area contributed by atoms with Gasteiger partial charge < -0.3 is 10.8 Å². The molecule has 0 saturated carbocycles. The van der Waals surface area contributed by atoms with Gasteiger partial charge >= 0.3 is 11.9 Å². The second-order valence-electron chi connectivity index (χ2n) is 2.93. The minimum absolute atomic E-state index is 0. The van der Waals surface area contributed by atoms with E-state index < -0.39 is 17.9 Å². The van der Waals surface area contributed by atoms with Crippen molar-refractivity contribution in [2.24, 2.45) is 5.73 Å². The average molecular weight is 272 g/mol. The Hall–Kier alpha value is -0.910. The van der Waals surface area contributed by atoms with E-state index in [0.717, 1.165) is 0 Å². The first-order valence-corrected chi connectivity index (χ1v) is 4.36. The predicted molar refractivity (Wildman–Crippen MR) is 58.2 cm³/mol. The number of benzene rings is 1. The molecule has 7 heteroatoms. The van der Waals surface area contributed by atoms with Crippen molar-refractivity contribution in [1.82, 2.24) is 0 Å². The van der Waals surface area contributed by atoms with Crippen LogP contribution in [0.2, 0.25) is 5.02 Å². The molecule has 0 aliphatic carbocycles. The molecule has 1 atom stereocenters. The van der Waals surface area contributed by atoms with Gasteiger partial charge in [-0.3, -0.25) is 0 Å². The number of rotatable bonds is 3. The zero-order valence-corrected chi connectivity index (χ0v) is 9.43. The zero-order chi connectivity index (χ0) is 11.6. The summed E-state index contributed by atoms with van der Waals surface area (Å²) in [6.07, 6.45) is 0. The number of halogens is 4. The van der Waals surface area contributed by atoms with Crippen LogP contribution in [-0.4, -0.2) is 17.0 Å². The molecule has 0 unspecified atom stereocenters. The largest absolute Gasteiger partial charge is 0.477 e. The summed E-state index contributed by atoms with van der Waals surface area (Å²) in [5, 5.41) is 8.31. The van der Waals surface area contributed by atoms with E-state index >= 15 is 0 Å². The topological polar surface area (TPSA) is 63.3 Å². The van der Waals surface area contributed by atoms with Gasteiger partial charge in [0.25, 0.3) is 0 Å². The van der Waals surface area contributed by atoms with Crippen molar-refractivity contribution in [1.29, 1.82) is 0 Å². The van der Waals surface area contributed by atoms with Gasteiger partial charge in [-0.05, 0) is 11.6 Å². The minimum atomic E-state index is -4.04. The number of hydrogen-bond acceptors (Lipinski definition) is 2. The highest BCUT2D eigenvalue weighted by Gasteiger charge is 2.46. The molecule has 1 rings (SSSR count). The molecule has 0 saturated heterocycles. The van der Waals surface area contributed by atoms with Gasteiger partial charge in [-0.25, -0.2) is 4.79 Å². The maximum atomic E-state index is 13.0. The molecular formula is C9H9Cl2F2NO2. The van der Waals surface area contributed by atoms with E-state index in [1.165, 1.54) is 24.3 Å². The molecular weight excluding hydrogens is 263 g/mol. The van der Waals surface area contributed by atoms with Crippen molar-refractivity contribution in [2.75, 3.05) is 0 Å². The van der Waals surface area contributed by atoms with Crippen LogP contribution in [0, 0.1) is 0 Å². The average Bonchev–Trinajstić information content (AvgIpc) is 2.17. The first-order chi connectivity index (χ1) is 6.87. The Bertz CT molecular complexity index is 388. The van der Waals surface area contributed by atoms with Crippen molar-refractivity contribution in [2.45, 2.75) is 12.0 Å². The van der Waals surface area contributed by atoms with Crippen molar-refractivity contribution in [3.05, 3.63) is 34.9 Å². The summed E-state index contributed by atoms with van der Waals surface area (Å²) < 4.78 is 26.0. The van der Waals surface area contributed by atoms with Gasteiger partial charge in [-0.15, -0.1) is 12.4 Å². The molecule has 1 aromatic rings. The van der Waals surface area contributed by atoms with Crippen molar-refractivity contribution in [3.8, 4) is 0 Å². The summed E-state index contributed by atoms with van der Waals surface area (Å²) in [6.45, 7) is 0. The molecule has 3 nitrogen and oxygen atoms in total. The van der Waals surface area contributed by atoms with E-state index in [9.17, 15) is 13.6 Å². The summed E-state index contributed by atoms with van der Waals surface area (Å²) in [5.74, 6) is -6.31. The number of carboxylic acid groups (broad SMARTS) is 1. The predicted octanol–water partition coefficient (Wildman–Crippen LogP) is 2.48. The van der Waals surface area contributed by atoms with Crippen LogP contribution in [0.5, 0.6) is 0 Å². The molecule has 0 fully saturated rings. The summed E-state index contributed by atoms with van der Waals surface area (Å²) in [6, 6.07) is 3.68. The van der Waals surface area contributed by atoms with E-state index in [1.54, 1.807) is 0 Å². The maximum Gasteiger partial charge on any atom is 0.376 e. The van der Waals surface area contributed by atoms with Gasteiger partial charge in [-0.2, -0.15) is 8.78 Å². The van der Waals surface area contributed by atoms with Crippen molar-refractivity contribution >= 4 is 30.0 Å². The van der Waals surface area contributed by atoms with Gasteiger partial charge in [0.05, 0.1) is 0 Å². The molecule has 3 N–H and O–H groups in total. The van der Waals surface area contributed by atoms with Gasteiger partial charge in [-0.1, -0.05) is 29.8 Å². The molecule has 0 spiro atoms. The van der Waals surface area contributed by atoms with Crippen molar-refractivity contribution < 1.29 is 18.7 Å². The third kappa shape index (κ3) is 2.81. The monoisotopic (exact) mass is 271 g/mol. The second kappa shape index (κ2) is 5.43. The fourth-order valence-corrected chi connectivity index (χ4v) is 1.31. The number of carbonyl (C=O) groups is 1. The number of nitrogens with two attached hydrogens (primary N) is 1. The fourth-order valence-electron chi connectivity index (χ4n) is 1.06. The van der Waals surface area contributed by atoms with E-state index in [0.29, 0.717) is 0 Å². The molecule has 0 radical (unpaired) electrons. The van der Waals surface area contributed by atoms with E-state index in [2.05, 4.69) is 0 Å². The number of aliphatic carboxylic acids is 1. The second-order valence-corrected chi connectivity index (χ2v) is 3.33. The quantitative estimate of drug-likeness (QED) is 0.888. The lowest BCUT2D eigenvalue weighted by Gasteiger charge is -2.20. The first kappa shape index (κ1) is 15.1. The Morgan fingerprint density at radius 2 is 1.94 bits per heavy atom. The molecule has 0 heterocycles. The Balaban J connectivity index is 0.00000225.